The van der Waals surface area contributed by atoms with Crippen LogP contribution in [0, 0.1) is 11.8 Å². The van der Waals surface area contributed by atoms with Gasteiger partial charge in [-0.3, -0.25) is 0 Å². The number of rotatable bonds is 6. The van der Waals surface area contributed by atoms with Crippen molar-refractivity contribution in [2.75, 3.05) is 34.5 Å². The lowest BCUT2D eigenvalue weighted by Gasteiger charge is -2.19. The van der Waals surface area contributed by atoms with Gasteiger partial charge in [0.2, 0.25) is 5.75 Å². The Hall–Kier alpha value is -2.68. The molecule has 0 amide bonds. The number of aliphatic hydroxyl groups excluding tert-OH is 1. The summed E-state index contributed by atoms with van der Waals surface area (Å²) in [6.45, 7) is 0.676. The number of hydrogen-bond acceptors (Lipinski definition) is 8. The fourth-order valence-corrected chi connectivity index (χ4v) is 4.44. The van der Waals surface area contributed by atoms with Crippen molar-refractivity contribution in [1.29, 1.82) is 0 Å². The van der Waals surface area contributed by atoms with Crippen LogP contribution in [-0.2, 0) is 16.1 Å². The zero-order valence-corrected chi connectivity index (χ0v) is 17.1. The molecule has 0 aliphatic carbocycles. The molecule has 8 heteroatoms. The lowest BCUT2D eigenvalue weighted by molar-refractivity contribution is 0.0190. The molecule has 4 atom stereocenters. The molecule has 0 aromatic heterocycles. The highest BCUT2D eigenvalue weighted by Gasteiger charge is 2.48. The lowest BCUT2D eigenvalue weighted by Crippen LogP contribution is -2.15. The van der Waals surface area contributed by atoms with Gasteiger partial charge in [-0.15, -0.1) is 0 Å². The molecule has 0 saturated carbocycles. The number of hydrogen-bond donors (Lipinski definition) is 3. The van der Waals surface area contributed by atoms with Crippen LogP contribution in [0.5, 0.6) is 28.7 Å². The van der Waals surface area contributed by atoms with Gasteiger partial charge in [0, 0.05) is 17.4 Å². The molecule has 162 valence electrons. The maximum Gasteiger partial charge on any atom is 0.200 e. The SMILES string of the molecule is COc1cc(C2OC[C@@H]3[C@@H](c4cc(OC)c(O)c(OC)c4)OC[C@H]23)cc(CO)c1O. The highest BCUT2D eigenvalue weighted by atomic mass is 16.5. The number of aliphatic hydroxyl groups is 1. The number of benzene rings is 2. The van der Waals surface area contributed by atoms with Crippen molar-refractivity contribution >= 4 is 0 Å². The Bertz CT molecular complexity index is 802. The van der Waals surface area contributed by atoms with E-state index in [4.69, 9.17) is 23.7 Å². The standard InChI is InChI=1S/C22H26O8/c1-26-16-5-11(4-13(8-23)19(16)24)21-14-9-30-22(15(14)10-29-21)12-6-17(27-2)20(25)18(7-12)28-3/h4-7,14-15,21-25H,8-10H2,1-3H3/t14-,15-,21?,22+/m0/s1. The molecular formula is C22H26O8. The summed E-state index contributed by atoms with van der Waals surface area (Å²) >= 11 is 0. The summed E-state index contributed by atoms with van der Waals surface area (Å²) in [6, 6.07) is 6.99. The fraction of sp³-hybridized carbons (Fsp3) is 0.455. The van der Waals surface area contributed by atoms with Gasteiger partial charge >= 0.3 is 0 Å². The van der Waals surface area contributed by atoms with Gasteiger partial charge in [-0.2, -0.15) is 0 Å². The predicted octanol–water partition coefficient (Wildman–Crippen LogP) is 2.69. The van der Waals surface area contributed by atoms with Gasteiger partial charge in [0.05, 0.1) is 53.4 Å². The van der Waals surface area contributed by atoms with Crippen LogP contribution in [0.2, 0.25) is 0 Å². The van der Waals surface area contributed by atoms with Crippen LogP contribution in [0.4, 0.5) is 0 Å². The zero-order chi connectivity index (χ0) is 21.4. The van der Waals surface area contributed by atoms with Crippen LogP contribution in [0.3, 0.4) is 0 Å². The van der Waals surface area contributed by atoms with Gasteiger partial charge in [-0.25, -0.2) is 0 Å². The van der Waals surface area contributed by atoms with E-state index in [1.165, 1.54) is 21.3 Å². The minimum absolute atomic E-state index is 0.0495. The van der Waals surface area contributed by atoms with Crippen LogP contribution in [-0.4, -0.2) is 49.9 Å². The molecule has 2 aromatic rings. The quantitative estimate of drug-likeness (QED) is 0.657. The first-order valence-corrected chi connectivity index (χ1v) is 9.71. The number of phenols is 2. The minimum atomic E-state index is -0.303. The molecule has 8 nitrogen and oxygen atoms in total. The van der Waals surface area contributed by atoms with Gasteiger partial charge in [0.1, 0.15) is 0 Å². The molecular weight excluding hydrogens is 392 g/mol. The molecule has 4 rings (SSSR count). The third-order valence-electron chi connectivity index (χ3n) is 5.99. The highest BCUT2D eigenvalue weighted by molar-refractivity contribution is 5.53. The third-order valence-corrected chi connectivity index (χ3v) is 5.99. The second-order valence-electron chi connectivity index (χ2n) is 7.50. The minimum Gasteiger partial charge on any atom is -0.504 e. The Morgan fingerprint density at radius 1 is 0.767 bits per heavy atom. The van der Waals surface area contributed by atoms with E-state index in [1.807, 2.05) is 0 Å². The monoisotopic (exact) mass is 418 g/mol. The molecule has 1 unspecified atom stereocenters. The normalized spacial score (nSPS) is 25.2. The summed E-state index contributed by atoms with van der Waals surface area (Å²) in [5.74, 6) is 0.999. The van der Waals surface area contributed by atoms with Gasteiger partial charge in [-0.1, -0.05) is 0 Å². The molecule has 0 spiro atoms. The van der Waals surface area contributed by atoms with Crippen molar-refractivity contribution in [1.82, 2.24) is 0 Å². The summed E-state index contributed by atoms with van der Waals surface area (Å²) in [7, 11) is 4.45. The number of ether oxygens (including phenoxy) is 5. The summed E-state index contributed by atoms with van der Waals surface area (Å²) in [4.78, 5) is 0. The fourth-order valence-electron chi connectivity index (χ4n) is 4.44. The first-order valence-electron chi connectivity index (χ1n) is 9.71. The molecule has 2 saturated heterocycles. The van der Waals surface area contributed by atoms with E-state index in [0.29, 0.717) is 36.0 Å². The molecule has 2 aliphatic rings. The predicted molar refractivity (Wildman–Crippen MR) is 106 cm³/mol. The van der Waals surface area contributed by atoms with Gasteiger partial charge in [0.15, 0.2) is 23.0 Å². The van der Waals surface area contributed by atoms with Crippen molar-refractivity contribution in [2.45, 2.75) is 18.8 Å². The van der Waals surface area contributed by atoms with E-state index in [-0.39, 0.29) is 42.1 Å². The molecule has 0 bridgehead atoms. The smallest absolute Gasteiger partial charge is 0.200 e. The van der Waals surface area contributed by atoms with Crippen molar-refractivity contribution < 1.29 is 39.0 Å². The largest absolute Gasteiger partial charge is 0.504 e. The second-order valence-corrected chi connectivity index (χ2v) is 7.50. The van der Waals surface area contributed by atoms with Crippen molar-refractivity contribution in [3.63, 3.8) is 0 Å². The first kappa shape index (κ1) is 20.6. The Kier molecular flexibility index (Phi) is 5.64. The van der Waals surface area contributed by atoms with E-state index in [9.17, 15) is 15.3 Å². The number of fused-ring (bicyclic) bond motifs is 1. The van der Waals surface area contributed by atoms with E-state index in [2.05, 4.69) is 0 Å². The average Bonchev–Trinajstić information content (AvgIpc) is 3.36. The van der Waals surface area contributed by atoms with Crippen LogP contribution in [0.1, 0.15) is 28.9 Å². The van der Waals surface area contributed by atoms with Gasteiger partial charge < -0.3 is 39.0 Å². The Labute approximate surface area is 174 Å². The van der Waals surface area contributed by atoms with Crippen LogP contribution in [0.25, 0.3) is 0 Å². The molecule has 0 radical (unpaired) electrons. The lowest BCUT2D eigenvalue weighted by atomic mass is 9.84. The Balaban J connectivity index is 1.63. The van der Waals surface area contributed by atoms with Crippen molar-refractivity contribution in [3.8, 4) is 28.7 Å². The maximum absolute atomic E-state index is 10.2. The maximum atomic E-state index is 10.2. The van der Waals surface area contributed by atoms with Crippen LogP contribution >= 0.6 is 0 Å². The van der Waals surface area contributed by atoms with Crippen molar-refractivity contribution in [3.05, 3.63) is 41.0 Å². The first-order chi connectivity index (χ1) is 14.5. The molecule has 2 fully saturated rings. The Morgan fingerprint density at radius 2 is 1.20 bits per heavy atom. The van der Waals surface area contributed by atoms with E-state index >= 15 is 0 Å². The zero-order valence-electron chi connectivity index (χ0n) is 17.1. The van der Waals surface area contributed by atoms with E-state index in [0.717, 1.165) is 11.1 Å². The van der Waals surface area contributed by atoms with Gasteiger partial charge in [0.25, 0.3) is 0 Å². The molecule has 2 aromatic carbocycles. The molecule has 30 heavy (non-hydrogen) atoms. The van der Waals surface area contributed by atoms with Crippen LogP contribution < -0.4 is 14.2 Å². The topological polar surface area (TPSA) is 107 Å². The summed E-state index contributed by atoms with van der Waals surface area (Å²) in [6.07, 6.45) is -0.486. The molecule has 2 heterocycles. The summed E-state index contributed by atoms with van der Waals surface area (Å²) in [5, 5.41) is 29.9. The number of methoxy groups -OCH3 is 3. The number of phenolic OH excluding ortho intramolecular Hbond substituents is 1. The molecule has 2 aliphatic heterocycles. The summed E-state index contributed by atoms with van der Waals surface area (Å²) in [5.41, 5.74) is 2.06. The third kappa shape index (κ3) is 3.30. The highest BCUT2D eigenvalue weighted by Crippen LogP contribution is 2.52. The van der Waals surface area contributed by atoms with E-state index in [1.54, 1.807) is 24.3 Å². The van der Waals surface area contributed by atoms with E-state index < -0.39 is 0 Å². The molecule has 3 N–H and O–H groups in total. The number of aromatic hydroxyl groups is 2. The van der Waals surface area contributed by atoms with Gasteiger partial charge in [-0.05, 0) is 35.4 Å². The summed E-state index contributed by atoms with van der Waals surface area (Å²) < 4.78 is 28.1. The Morgan fingerprint density at radius 3 is 1.63 bits per heavy atom. The van der Waals surface area contributed by atoms with Crippen LogP contribution in [0.15, 0.2) is 24.3 Å². The average molecular weight is 418 g/mol. The second kappa shape index (κ2) is 8.22. The van der Waals surface area contributed by atoms with Crippen molar-refractivity contribution in [2.24, 2.45) is 11.8 Å².